The van der Waals surface area contributed by atoms with Crippen molar-refractivity contribution in [2.75, 3.05) is 25.1 Å². The Hall–Kier alpha value is -2.34. The normalized spacial score (nSPS) is 14.6. The Morgan fingerprint density at radius 1 is 1.35 bits per heavy atom. The van der Waals surface area contributed by atoms with Gasteiger partial charge in [0.15, 0.2) is 5.82 Å². The second-order valence-corrected chi connectivity index (χ2v) is 4.55. The number of fused-ring (bicyclic) bond motifs is 1. The van der Waals surface area contributed by atoms with Gasteiger partial charge in [-0.3, -0.25) is 4.79 Å². The third kappa shape index (κ3) is 2.14. The van der Waals surface area contributed by atoms with Crippen molar-refractivity contribution in [3.8, 4) is 5.75 Å². The van der Waals surface area contributed by atoms with E-state index in [1.165, 1.54) is 19.0 Å². The summed E-state index contributed by atoms with van der Waals surface area (Å²) in [5.41, 5.74) is 1.95. The van der Waals surface area contributed by atoms with E-state index in [9.17, 15) is 4.79 Å². The van der Waals surface area contributed by atoms with Crippen molar-refractivity contribution < 1.29 is 4.74 Å². The van der Waals surface area contributed by atoms with Crippen molar-refractivity contribution in [3.63, 3.8) is 0 Å². The van der Waals surface area contributed by atoms with Crippen LogP contribution >= 0.6 is 0 Å². The fraction of sp³-hybridized carbons (Fsp3) is 0.286. The monoisotopic (exact) mass is 272 g/mol. The number of aromatic amines is 1. The van der Waals surface area contributed by atoms with E-state index < -0.39 is 0 Å². The molecule has 0 unspecified atom stereocenters. The van der Waals surface area contributed by atoms with Crippen molar-refractivity contribution >= 4 is 11.5 Å². The summed E-state index contributed by atoms with van der Waals surface area (Å²) in [6.45, 7) is 2.34. The van der Waals surface area contributed by atoms with Crippen molar-refractivity contribution in [2.24, 2.45) is 0 Å². The number of H-pyrrole nitrogens is 1. The van der Waals surface area contributed by atoms with Crippen LogP contribution in [0.15, 0.2) is 35.4 Å². The van der Waals surface area contributed by atoms with Crippen LogP contribution in [-0.2, 0) is 6.54 Å². The number of ether oxygens (including phenoxy) is 1. The molecule has 6 nitrogen and oxygen atoms in total. The predicted octanol–water partition coefficient (Wildman–Crippen LogP) is 1.02. The fourth-order valence-corrected chi connectivity index (χ4v) is 2.43. The standard InChI is InChI=1S/C14H16N4O2/c1-20-12-13(16-9-17-14(12)19)18-7-6-15-8-10-4-2-3-5-11(10)18/h2-5,9,15H,6-8H2,1H3,(H,16,17,19). The lowest BCUT2D eigenvalue weighted by Crippen LogP contribution is -2.27. The summed E-state index contributed by atoms with van der Waals surface area (Å²) < 4.78 is 5.22. The van der Waals surface area contributed by atoms with E-state index in [0.717, 1.165) is 25.3 Å². The third-order valence-corrected chi connectivity index (χ3v) is 3.36. The number of hydrogen-bond donors (Lipinski definition) is 2. The molecule has 2 aromatic rings. The van der Waals surface area contributed by atoms with Crippen molar-refractivity contribution in [1.82, 2.24) is 15.3 Å². The molecule has 3 rings (SSSR count). The van der Waals surface area contributed by atoms with Crippen molar-refractivity contribution in [1.29, 1.82) is 0 Å². The minimum absolute atomic E-state index is 0.240. The first-order valence-electron chi connectivity index (χ1n) is 6.49. The van der Waals surface area contributed by atoms with E-state index in [4.69, 9.17) is 4.74 Å². The molecule has 1 aliphatic rings. The number of anilines is 2. The molecule has 0 saturated heterocycles. The topological polar surface area (TPSA) is 70.2 Å². The Morgan fingerprint density at radius 3 is 3.05 bits per heavy atom. The van der Waals surface area contributed by atoms with Crippen molar-refractivity contribution in [2.45, 2.75) is 6.54 Å². The second-order valence-electron chi connectivity index (χ2n) is 4.55. The highest BCUT2D eigenvalue weighted by Gasteiger charge is 2.21. The lowest BCUT2D eigenvalue weighted by atomic mass is 10.1. The Balaban J connectivity index is 2.15. The minimum Gasteiger partial charge on any atom is -0.488 e. The number of hydrogen-bond acceptors (Lipinski definition) is 5. The van der Waals surface area contributed by atoms with E-state index >= 15 is 0 Å². The summed E-state index contributed by atoms with van der Waals surface area (Å²) in [6, 6.07) is 8.09. The van der Waals surface area contributed by atoms with E-state index in [2.05, 4.69) is 21.4 Å². The zero-order valence-corrected chi connectivity index (χ0v) is 11.2. The van der Waals surface area contributed by atoms with Crippen LogP contribution in [0, 0.1) is 0 Å². The number of nitrogens with zero attached hydrogens (tertiary/aromatic N) is 2. The van der Waals surface area contributed by atoms with Gasteiger partial charge in [-0.25, -0.2) is 4.98 Å². The van der Waals surface area contributed by atoms with Crippen LogP contribution in [0.3, 0.4) is 0 Å². The summed E-state index contributed by atoms with van der Waals surface area (Å²) in [5.74, 6) is 0.789. The van der Waals surface area contributed by atoms with Gasteiger partial charge in [-0.05, 0) is 11.6 Å². The highest BCUT2D eigenvalue weighted by Crippen LogP contribution is 2.31. The van der Waals surface area contributed by atoms with Gasteiger partial charge in [0.05, 0.1) is 13.4 Å². The van der Waals surface area contributed by atoms with Gasteiger partial charge in [-0.2, -0.15) is 0 Å². The van der Waals surface area contributed by atoms with E-state index in [1.807, 2.05) is 23.1 Å². The molecule has 20 heavy (non-hydrogen) atoms. The van der Waals surface area contributed by atoms with Crippen LogP contribution in [0.1, 0.15) is 5.56 Å². The predicted molar refractivity (Wildman–Crippen MR) is 76.6 cm³/mol. The molecule has 0 amide bonds. The summed E-state index contributed by atoms with van der Waals surface area (Å²) in [6.07, 6.45) is 1.40. The van der Waals surface area contributed by atoms with Gasteiger partial charge in [0.2, 0.25) is 5.75 Å². The number of aromatic nitrogens is 2. The molecule has 0 spiro atoms. The van der Waals surface area contributed by atoms with Gasteiger partial charge in [0.1, 0.15) is 0 Å². The number of methoxy groups -OCH3 is 1. The van der Waals surface area contributed by atoms with Gasteiger partial charge in [0, 0.05) is 25.3 Å². The number of nitrogens with one attached hydrogen (secondary N) is 2. The Morgan fingerprint density at radius 2 is 2.20 bits per heavy atom. The molecule has 0 bridgehead atoms. The molecule has 6 heteroatoms. The first-order chi connectivity index (χ1) is 9.81. The average molecular weight is 272 g/mol. The SMILES string of the molecule is COc1c(N2CCNCc3ccccc32)nc[nH]c1=O. The minimum atomic E-state index is -0.271. The maximum absolute atomic E-state index is 11.8. The largest absolute Gasteiger partial charge is 0.488 e. The van der Waals surface area contributed by atoms with E-state index in [1.54, 1.807) is 0 Å². The highest BCUT2D eigenvalue weighted by atomic mass is 16.5. The molecular weight excluding hydrogens is 256 g/mol. The summed E-state index contributed by atoms with van der Waals surface area (Å²) in [5, 5.41) is 3.36. The Bertz CT molecular complexity index is 668. The summed E-state index contributed by atoms with van der Waals surface area (Å²) >= 11 is 0. The quantitative estimate of drug-likeness (QED) is 0.854. The van der Waals surface area contributed by atoms with Crippen molar-refractivity contribution in [3.05, 3.63) is 46.5 Å². The summed E-state index contributed by atoms with van der Waals surface area (Å²) in [7, 11) is 1.48. The lowest BCUT2D eigenvalue weighted by Gasteiger charge is -2.24. The fourth-order valence-electron chi connectivity index (χ4n) is 2.43. The second kappa shape index (κ2) is 5.34. The molecule has 1 aliphatic heterocycles. The molecule has 2 heterocycles. The zero-order valence-electron chi connectivity index (χ0n) is 11.2. The first-order valence-corrected chi connectivity index (χ1v) is 6.49. The van der Waals surface area contributed by atoms with Crippen LogP contribution in [0.4, 0.5) is 11.5 Å². The maximum atomic E-state index is 11.8. The molecule has 2 N–H and O–H groups in total. The molecule has 1 aromatic heterocycles. The van der Waals surface area contributed by atoms with Gasteiger partial charge < -0.3 is 19.9 Å². The first kappa shape index (κ1) is 12.7. The van der Waals surface area contributed by atoms with Crippen LogP contribution < -0.4 is 20.5 Å². The van der Waals surface area contributed by atoms with E-state index in [0.29, 0.717) is 5.82 Å². The summed E-state index contributed by atoms with van der Waals surface area (Å²) in [4.78, 5) is 20.7. The van der Waals surface area contributed by atoms with Gasteiger partial charge in [-0.15, -0.1) is 0 Å². The number of para-hydroxylation sites is 1. The lowest BCUT2D eigenvalue weighted by molar-refractivity contribution is 0.406. The Kier molecular flexibility index (Phi) is 3.39. The number of rotatable bonds is 2. The molecule has 0 fully saturated rings. The molecule has 0 saturated carbocycles. The molecule has 104 valence electrons. The Labute approximate surface area is 116 Å². The molecule has 1 aromatic carbocycles. The van der Waals surface area contributed by atoms with Crippen LogP contribution in [0.5, 0.6) is 5.75 Å². The highest BCUT2D eigenvalue weighted by molar-refractivity contribution is 5.68. The van der Waals surface area contributed by atoms with Gasteiger partial charge in [-0.1, -0.05) is 18.2 Å². The maximum Gasteiger partial charge on any atom is 0.295 e. The zero-order chi connectivity index (χ0) is 13.9. The van der Waals surface area contributed by atoms with Gasteiger partial charge in [0.25, 0.3) is 5.56 Å². The molecule has 0 aliphatic carbocycles. The van der Waals surface area contributed by atoms with Crippen LogP contribution in [0.2, 0.25) is 0 Å². The third-order valence-electron chi connectivity index (χ3n) is 3.36. The van der Waals surface area contributed by atoms with Crippen LogP contribution in [0.25, 0.3) is 0 Å². The van der Waals surface area contributed by atoms with Crippen LogP contribution in [-0.4, -0.2) is 30.2 Å². The molecule has 0 radical (unpaired) electrons. The van der Waals surface area contributed by atoms with Gasteiger partial charge >= 0.3 is 0 Å². The average Bonchev–Trinajstić information content (AvgIpc) is 2.69. The molecular formula is C14H16N4O2. The van der Waals surface area contributed by atoms with E-state index in [-0.39, 0.29) is 11.3 Å². The number of benzene rings is 1. The molecule has 0 atom stereocenters. The smallest absolute Gasteiger partial charge is 0.295 e.